The van der Waals surface area contributed by atoms with Crippen molar-refractivity contribution < 1.29 is 17.8 Å². The summed E-state index contributed by atoms with van der Waals surface area (Å²) in [5, 5.41) is 2.16. The van der Waals surface area contributed by atoms with Crippen molar-refractivity contribution in [1.82, 2.24) is 9.29 Å². The fourth-order valence-electron chi connectivity index (χ4n) is 4.47. The monoisotopic (exact) mass is 447 g/mol. The maximum Gasteiger partial charge on any atom is 0.274 e. The first-order chi connectivity index (χ1) is 14.6. The number of halogens is 2. The number of aromatic nitrogens is 1. The molecule has 1 saturated carbocycles. The molecule has 0 bridgehead atoms. The van der Waals surface area contributed by atoms with Crippen LogP contribution in [0.15, 0.2) is 35.5 Å². The van der Waals surface area contributed by atoms with Gasteiger partial charge >= 0.3 is 0 Å². The minimum Gasteiger partial charge on any atom is -0.369 e. The topological polar surface area (TPSA) is 101 Å². The van der Waals surface area contributed by atoms with E-state index >= 15 is 4.39 Å². The van der Waals surface area contributed by atoms with Gasteiger partial charge in [0.2, 0.25) is 5.96 Å². The van der Waals surface area contributed by atoms with E-state index in [0.29, 0.717) is 30.5 Å². The Hall–Kier alpha value is -3.01. The van der Waals surface area contributed by atoms with Crippen molar-refractivity contribution in [3.8, 4) is 0 Å². The summed E-state index contributed by atoms with van der Waals surface area (Å²) < 4.78 is 43.1. The predicted molar refractivity (Wildman–Crippen MR) is 117 cm³/mol. The molecule has 0 radical (unpaired) electrons. The third kappa shape index (κ3) is 3.34. The van der Waals surface area contributed by atoms with Crippen molar-refractivity contribution in [3.05, 3.63) is 58.9 Å². The number of carbonyl (C=O) groups is 1. The van der Waals surface area contributed by atoms with Crippen LogP contribution in [-0.4, -0.2) is 43.5 Å². The molecule has 10 heteroatoms. The zero-order chi connectivity index (χ0) is 22.6. The van der Waals surface area contributed by atoms with Gasteiger partial charge in [0.25, 0.3) is 5.91 Å². The van der Waals surface area contributed by atoms with Gasteiger partial charge in [0.15, 0.2) is 0 Å². The van der Waals surface area contributed by atoms with Crippen LogP contribution < -0.4 is 11.1 Å². The van der Waals surface area contributed by atoms with E-state index in [9.17, 15) is 13.4 Å². The Bertz CT molecular complexity index is 1210. The fourth-order valence-corrected chi connectivity index (χ4v) is 6.65. The van der Waals surface area contributed by atoms with Crippen LogP contribution in [0.5, 0.6) is 0 Å². The van der Waals surface area contributed by atoms with E-state index in [1.165, 1.54) is 28.6 Å². The zero-order valence-electron chi connectivity index (χ0n) is 17.2. The van der Waals surface area contributed by atoms with Crippen LogP contribution in [0.3, 0.4) is 0 Å². The molecular weight excluding hydrogens is 424 g/mol. The van der Waals surface area contributed by atoms with E-state index < -0.39 is 38.0 Å². The number of nitrogens with one attached hydrogen (secondary N) is 1. The third-order valence-corrected chi connectivity index (χ3v) is 8.68. The first-order valence-electron chi connectivity index (χ1n) is 9.75. The number of hydrogen-bond acceptors (Lipinski definition) is 5. The summed E-state index contributed by atoms with van der Waals surface area (Å²) in [6.45, 7) is 1.57. The van der Waals surface area contributed by atoms with Crippen LogP contribution in [0.4, 0.5) is 14.5 Å². The van der Waals surface area contributed by atoms with E-state index in [1.807, 2.05) is 0 Å². The SMILES string of the molecule is C=S1(=O)C2CCC[C@]2(c2cc(NC(=O)c3ncc(F)cc3C)ccc2F)N=C(N)N1C. The standard InChI is InChI=1S/C21H23F2N5O2S/c1-12-9-13(22)11-25-18(12)19(29)26-14-6-7-16(23)15(10-14)21-8-4-5-17(21)31(3,30)28(2)20(24)27-21/h6-7,9-11,17H,3-5,8H2,1-2H3,(H2,24,27)(H,26,29)/t17?,21-,31?/m1/s1. The Morgan fingerprint density at radius 1 is 1.39 bits per heavy atom. The number of anilines is 1. The molecule has 1 aliphatic heterocycles. The Morgan fingerprint density at radius 3 is 2.84 bits per heavy atom. The summed E-state index contributed by atoms with van der Waals surface area (Å²) in [5.74, 6) is 2.31. The van der Waals surface area contributed by atoms with Crippen molar-refractivity contribution in [1.29, 1.82) is 0 Å². The number of aryl methyl sites for hydroxylation is 1. The molecule has 1 aromatic heterocycles. The highest BCUT2D eigenvalue weighted by atomic mass is 32.2. The van der Waals surface area contributed by atoms with Gasteiger partial charge in [-0.15, -0.1) is 0 Å². The largest absolute Gasteiger partial charge is 0.369 e. The smallest absolute Gasteiger partial charge is 0.274 e. The van der Waals surface area contributed by atoms with Gasteiger partial charge in [-0.3, -0.25) is 9.10 Å². The molecule has 3 N–H and O–H groups in total. The zero-order valence-corrected chi connectivity index (χ0v) is 18.0. The van der Waals surface area contributed by atoms with Crippen LogP contribution in [0.1, 0.15) is 40.9 Å². The Morgan fingerprint density at radius 2 is 2.13 bits per heavy atom. The number of nitrogens with two attached hydrogens (primary N) is 1. The van der Waals surface area contributed by atoms with E-state index in [2.05, 4.69) is 21.2 Å². The second-order valence-corrected chi connectivity index (χ2v) is 10.4. The maximum atomic E-state index is 15.0. The molecule has 164 valence electrons. The summed E-state index contributed by atoms with van der Waals surface area (Å²) in [4.78, 5) is 21.1. The molecular formula is C21H23F2N5O2S. The number of rotatable bonds is 3. The van der Waals surface area contributed by atoms with Gasteiger partial charge in [-0.1, -0.05) is 0 Å². The molecule has 2 unspecified atom stereocenters. The predicted octanol–water partition coefficient (Wildman–Crippen LogP) is 2.56. The van der Waals surface area contributed by atoms with Gasteiger partial charge in [-0.25, -0.2) is 23.0 Å². The summed E-state index contributed by atoms with van der Waals surface area (Å²) in [5.41, 5.74) is 5.87. The number of pyridine rings is 1. The Balaban J connectivity index is 1.76. The molecule has 3 atom stereocenters. The quantitative estimate of drug-likeness (QED) is 0.706. The van der Waals surface area contributed by atoms with Crippen LogP contribution in [0.2, 0.25) is 0 Å². The van der Waals surface area contributed by atoms with Crippen molar-refractivity contribution >= 4 is 33.1 Å². The molecule has 0 spiro atoms. The van der Waals surface area contributed by atoms with Crippen molar-refractivity contribution in [3.63, 3.8) is 0 Å². The lowest BCUT2D eigenvalue weighted by Crippen LogP contribution is -2.55. The number of carbonyl (C=O) groups excluding carboxylic acids is 1. The molecule has 0 saturated heterocycles. The number of fused-ring (bicyclic) bond motifs is 1. The van der Waals surface area contributed by atoms with E-state index in [4.69, 9.17) is 5.73 Å². The second kappa shape index (κ2) is 7.30. The molecule has 1 fully saturated rings. The van der Waals surface area contributed by atoms with Crippen molar-refractivity contribution in [2.45, 2.75) is 37.0 Å². The van der Waals surface area contributed by atoms with E-state index in [0.717, 1.165) is 6.20 Å². The first kappa shape index (κ1) is 21.2. The second-order valence-electron chi connectivity index (χ2n) is 7.93. The molecule has 1 aromatic carbocycles. The first-order valence-corrected chi connectivity index (χ1v) is 11.5. The molecule has 7 nitrogen and oxygen atoms in total. The highest BCUT2D eigenvalue weighted by Gasteiger charge is 2.54. The number of amides is 1. The van der Waals surface area contributed by atoms with Crippen molar-refractivity contribution in [2.75, 3.05) is 12.4 Å². The van der Waals surface area contributed by atoms with Gasteiger partial charge in [-0.2, -0.15) is 0 Å². The molecule has 2 aliphatic rings. The van der Waals surface area contributed by atoms with Crippen LogP contribution in [0, 0.1) is 18.6 Å². The van der Waals surface area contributed by atoms with E-state index in [1.54, 1.807) is 14.0 Å². The van der Waals surface area contributed by atoms with Crippen LogP contribution in [0.25, 0.3) is 0 Å². The fraction of sp³-hybridized carbons (Fsp3) is 0.333. The average molecular weight is 448 g/mol. The van der Waals surface area contributed by atoms with Gasteiger partial charge < -0.3 is 11.1 Å². The molecule has 1 amide bonds. The summed E-state index contributed by atoms with van der Waals surface area (Å²) >= 11 is 0. The highest BCUT2D eigenvalue weighted by molar-refractivity contribution is 7.99. The summed E-state index contributed by atoms with van der Waals surface area (Å²) in [6, 6.07) is 5.34. The summed E-state index contributed by atoms with van der Waals surface area (Å²) in [7, 11) is -1.25. The third-order valence-electron chi connectivity index (χ3n) is 6.05. The average Bonchev–Trinajstić information content (AvgIpc) is 3.13. The van der Waals surface area contributed by atoms with Crippen LogP contribution in [-0.2, 0) is 15.2 Å². The van der Waals surface area contributed by atoms with Crippen LogP contribution >= 0.6 is 0 Å². The number of guanidine groups is 1. The minimum atomic E-state index is -2.82. The molecule has 31 heavy (non-hydrogen) atoms. The van der Waals surface area contributed by atoms with Crippen molar-refractivity contribution in [2.24, 2.45) is 10.7 Å². The number of nitrogens with zero attached hydrogens (tertiary/aromatic N) is 3. The minimum absolute atomic E-state index is 0.0399. The van der Waals surface area contributed by atoms with Gasteiger partial charge in [-0.05, 0) is 61.9 Å². The number of hydrogen-bond donors (Lipinski definition) is 2. The summed E-state index contributed by atoms with van der Waals surface area (Å²) in [6.07, 6.45) is 2.68. The molecule has 4 rings (SSSR count). The molecule has 2 aromatic rings. The normalized spacial score (nSPS) is 27.5. The number of benzene rings is 1. The molecule has 1 aliphatic carbocycles. The maximum absolute atomic E-state index is 15.0. The Labute approximate surface area is 179 Å². The Kier molecular flexibility index (Phi) is 5.00. The highest BCUT2D eigenvalue weighted by Crippen LogP contribution is 2.49. The van der Waals surface area contributed by atoms with Gasteiger partial charge in [0, 0.05) is 18.3 Å². The van der Waals surface area contributed by atoms with E-state index in [-0.39, 0.29) is 17.2 Å². The lowest BCUT2D eigenvalue weighted by Gasteiger charge is -2.42. The molecule has 2 heterocycles. The number of aliphatic imine (C=N–C) groups is 1. The lowest BCUT2D eigenvalue weighted by molar-refractivity contribution is 0.102. The van der Waals surface area contributed by atoms with Gasteiger partial charge in [0.1, 0.15) is 22.9 Å². The lowest BCUT2D eigenvalue weighted by atomic mass is 9.87. The van der Waals surface area contributed by atoms with Gasteiger partial charge in [0.05, 0.1) is 21.2 Å².